The van der Waals surface area contributed by atoms with E-state index in [9.17, 15) is 0 Å². The minimum atomic E-state index is 0.670. The number of para-hydroxylation sites is 1. The number of hydrogen-bond donors (Lipinski definition) is 0. The summed E-state index contributed by atoms with van der Waals surface area (Å²) in [7, 11) is 0. The normalized spacial score (nSPS) is 11.3. The molecule has 7 aromatic carbocycles. The van der Waals surface area contributed by atoms with Crippen molar-refractivity contribution in [2.75, 3.05) is 0 Å². The molecule has 0 amide bonds. The molecule has 0 atom stereocenters. The molecule has 4 nitrogen and oxygen atoms in total. The number of benzene rings is 7. The maximum Gasteiger partial charge on any atom is 0.160 e. The standard InChI is InChI=1S/C50H32N4/c1-2-14-33(15-3-1)46-31-47(36-18-12-17-35(28-36)44-26-10-11-27-51-44)54-50(53-46)38-20-13-19-37(30-38)48-40-21-5-7-23-42(40)49(43-24-8-6-22-41(43)48)39-29-34-16-4-9-25-45(34)52-32-39/h1-32H. The van der Waals surface area contributed by atoms with Crippen molar-refractivity contribution in [1.82, 2.24) is 19.9 Å². The van der Waals surface area contributed by atoms with E-state index in [1.807, 2.05) is 54.9 Å². The van der Waals surface area contributed by atoms with Gasteiger partial charge in [-0.2, -0.15) is 0 Å². The van der Waals surface area contributed by atoms with Gasteiger partial charge in [-0.15, -0.1) is 0 Å². The van der Waals surface area contributed by atoms with E-state index in [2.05, 4.69) is 145 Å². The van der Waals surface area contributed by atoms with Crippen LogP contribution in [0, 0.1) is 0 Å². The molecule has 0 saturated heterocycles. The maximum atomic E-state index is 5.23. The van der Waals surface area contributed by atoms with E-state index in [-0.39, 0.29) is 0 Å². The predicted octanol–water partition coefficient (Wildman–Crippen LogP) is 12.7. The summed E-state index contributed by atoms with van der Waals surface area (Å²) in [6, 6.07) is 63.5. The average molecular weight is 689 g/mol. The summed E-state index contributed by atoms with van der Waals surface area (Å²) in [6.45, 7) is 0. The summed E-state index contributed by atoms with van der Waals surface area (Å²) >= 11 is 0. The molecule has 10 rings (SSSR count). The van der Waals surface area contributed by atoms with Crippen LogP contribution in [0.3, 0.4) is 0 Å². The fourth-order valence-corrected chi connectivity index (χ4v) is 7.62. The fourth-order valence-electron chi connectivity index (χ4n) is 7.62. The number of fused-ring (bicyclic) bond motifs is 3. The van der Waals surface area contributed by atoms with E-state index >= 15 is 0 Å². The quantitative estimate of drug-likeness (QED) is 0.163. The molecule has 0 radical (unpaired) electrons. The van der Waals surface area contributed by atoms with Crippen molar-refractivity contribution < 1.29 is 0 Å². The molecule has 0 spiro atoms. The lowest BCUT2D eigenvalue weighted by Gasteiger charge is -2.18. The minimum Gasteiger partial charge on any atom is -0.256 e. The van der Waals surface area contributed by atoms with E-state index in [4.69, 9.17) is 15.0 Å². The Morgan fingerprint density at radius 3 is 1.56 bits per heavy atom. The van der Waals surface area contributed by atoms with Crippen molar-refractivity contribution in [2.45, 2.75) is 0 Å². The Labute approximate surface area is 313 Å². The molecule has 0 fully saturated rings. The molecule has 0 aliphatic rings. The zero-order valence-corrected chi connectivity index (χ0v) is 29.3. The smallest absolute Gasteiger partial charge is 0.160 e. The largest absolute Gasteiger partial charge is 0.256 e. The first-order valence-electron chi connectivity index (χ1n) is 18.1. The molecule has 0 aliphatic carbocycles. The van der Waals surface area contributed by atoms with Crippen molar-refractivity contribution >= 4 is 32.4 Å². The van der Waals surface area contributed by atoms with E-state index < -0.39 is 0 Å². The highest BCUT2D eigenvalue weighted by molar-refractivity contribution is 6.21. The Bertz CT molecular complexity index is 2940. The zero-order chi connectivity index (χ0) is 35.8. The second-order valence-corrected chi connectivity index (χ2v) is 13.5. The topological polar surface area (TPSA) is 51.6 Å². The van der Waals surface area contributed by atoms with Gasteiger partial charge in [-0.25, -0.2) is 9.97 Å². The number of hydrogen-bond acceptors (Lipinski definition) is 4. The molecule has 4 heteroatoms. The summed E-state index contributed by atoms with van der Waals surface area (Å²) in [5.41, 5.74) is 12.3. The van der Waals surface area contributed by atoms with Crippen LogP contribution in [0.2, 0.25) is 0 Å². The van der Waals surface area contributed by atoms with Gasteiger partial charge >= 0.3 is 0 Å². The third-order valence-electron chi connectivity index (χ3n) is 10.1. The summed E-state index contributed by atoms with van der Waals surface area (Å²) < 4.78 is 0. The summed E-state index contributed by atoms with van der Waals surface area (Å²) in [6.07, 6.45) is 3.84. The van der Waals surface area contributed by atoms with Gasteiger partial charge in [0.15, 0.2) is 5.82 Å². The monoisotopic (exact) mass is 688 g/mol. The first-order chi connectivity index (χ1) is 26.8. The third-order valence-corrected chi connectivity index (χ3v) is 10.1. The van der Waals surface area contributed by atoms with Crippen LogP contribution in [0.5, 0.6) is 0 Å². The lowest BCUT2D eigenvalue weighted by molar-refractivity contribution is 1.18. The van der Waals surface area contributed by atoms with Crippen LogP contribution >= 0.6 is 0 Å². The lowest BCUT2D eigenvalue weighted by atomic mass is 9.86. The Balaban J connectivity index is 1.16. The Morgan fingerprint density at radius 2 is 0.852 bits per heavy atom. The molecule has 3 heterocycles. The maximum absolute atomic E-state index is 5.23. The minimum absolute atomic E-state index is 0.670. The molecule has 54 heavy (non-hydrogen) atoms. The van der Waals surface area contributed by atoms with Crippen molar-refractivity contribution in [3.05, 3.63) is 194 Å². The highest BCUT2D eigenvalue weighted by Crippen LogP contribution is 2.44. The van der Waals surface area contributed by atoms with Crippen LogP contribution in [-0.2, 0) is 0 Å². The zero-order valence-electron chi connectivity index (χ0n) is 29.3. The Kier molecular flexibility index (Phi) is 7.77. The summed E-state index contributed by atoms with van der Waals surface area (Å²) in [4.78, 5) is 19.9. The molecule has 0 bridgehead atoms. The van der Waals surface area contributed by atoms with Gasteiger partial charge in [-0.3, -0.25) is 9.97 Å². The van der Waals surface area contributed by atoms with Crippen molar-refractivity contribution in [1.29, 1.82) is 0 Å². The molecular weight excluding hydrogens is 657 g/mol. The second kappa shape index (κ2) is 13.4. The Morgan fingerprint density at radius 1 is 0.315 bits per heavy atom. The van der Waals surface area contributed by atoms with Crippen molar-refractivity contribution in [3.63, 3.8) is 0 Å². The molecule has 3 aromatic heterocycles. The van der Waals surface area contributed by atoms with Gasteiger partial charge in [0.1, 0.15) is 0 Å². The SMILES string of the molecule is c1ccc(-c2cc(-c3cccc(-c4ccccn4)c3)nc(-c3cccc(-c4c5ccccc5c(-c5cnc6ccccc6c5)c5ccccc45)c3)n2)cc1. The van der Waals surface area contributed by atoms with Crippen LogP contribution in [-0.4, -0.2) is 19.9 Å². The van der Waals surface area contributed by atoms with E-state index in [0.29, 0.717) is 5.82 Å². The highest BCUT2D eigenvalue weighted by Gasteiger charge is 2.18. The van der Waals surface area contributed by atoms with Crippen LogP contribution in [0.15, 0.2) is 194 Å². The predicted molar refractivity (Wildman–Crippen MR) is 223 cm³/mol. The van der Waals surface area contributed by atoms with E-state index in [0.717, 1.165) is 61.4 Å². The molecule has 0 unspecified atom stereocenters. The van der Waals surface area contributed by atoms with Crippen molar-refractivity contribution in [3.8, 4) is 67.4 Å². The highest BCUT2D eigenvalue weighted by atomic mass is 14.9. The van der Waals surface area contributed by atoms with Gasteiger partial charge in [0.2, 0.25) is 0 Å². The summed E-state index contributed by atoms with van der Waals surface area (Å²) in [5, 5.41) is 5.86. The van der Waals surface area contributed by atoms with Crippen LogP contribution in [0.4, 0.5) is 0 Å². The van der Waals surface area contributed by atoms with Crippen LogP contribution in [0.25, 0.3) is 99.9 Å². The van der Waals surface area contributed by atoms with Gasteiger partial charge in [0.25, 0.3) is 0 Å². The number of rotatable bonds is 6. The van der Waals surface area contributed by atoms with Gasteiger partial charge in [-0.1, -0.05) is 140 Å². The second-order valence-electron chi connectivity index (χ2n) is 13.5. The average Bonchev–Trinajstić information content (AvgIpc) is 3.26. The number of nitrogens with zero attached hydrogens (tertiary/aromatic N) is 4. The molecule has 0 aliphatic heterocycles. The van der Waals surface area contributed by atoms with Gasteiger partial charge in [0, 0.05) is 45.6 Å². The molecular formula is C50H32N4. The molecule has 252 valence electrons. The van der Waals surface area contributed by atoms with Crippen LogP contribution < -0.4 is 0 Å². The Hall–Kier alpha value is -7.30. The van der Waals surface area contributed by atoms with Crippen LogP contribution in [0.1, 0.15) is 0 Å². The van der Waals surface area contributed by atoms with E-state index in [1.54, 1.807) is 0 Å². The fraction of sp³-hybridized carbons (Fsp3) is 0. The van der Waals surface area contributed by atoms with Gasteiger partial charge < -0.3 is 0 Å². The summed E-state index contributed by atoms with van der Waals surface area (Å²) in [5.74, 6) is 0.670. The third kappa shape index (κ3) is 5.67. The van der Waals surface area contributed by atoms with Crippen molar-refractivity contribution in [2.24, 2.45) is 0 Å². The van der Waals surface area contributed by atoms with Gasteiger partial charge in [-0.05, 0) is 80.7 Å². The molecule has 0 saturated carbocycles. The number of pyridine rings is 2. The first-order valence-corrected chi connectivity index (χ1v) is 18.1. The van der Waals surface area contributed by atoms with E-state index in [1.165, 1.54) is 32.7 Å². The first kappa shape index (κ1) is 31.4. The number of aromatic nitrogens is 4. The molecule has 0 N–H and O–H groups in total. The lowest BCUT2D eigenvalue weighted by Crippen LogP contribution is -1.97. The molecule has 10 aromatic rings. The van der Waals surface area contributed by atoms with Gasteiger partial charge in [0.05, 0.1) is 22.6 Å².